The first-order valence-corrected chi connectivity index (χ1v) is 10.0. The number of hydrogen-bond donors (Lipinski definition) is 1. The van der Waals surface area contributed by atoms with Crippen molar-refractivity contribution in [1.29, 1.82) is 0 Å². The molecule has 1 aromatic heterocycles. The Hall–Kier alpha value is -2.51. The van der Waals surface area contributed by atoms with E-state index in [-0.39, 0.29) is 29.9 Å². The highest BCUT2D eigenvalue weighted by Crippen LogP contribution is 2.43. The Morgan fingerprint density at radius 2 is 1.90 bits per heavy atom. The second-order valence-electron chi connectivity index (χ2n) is 8.25. The van der Waals surface area contributed by atoms with Crippen LogP contribution in [-0.4, -0.2) is 39.4 Å². The van der Waals surface area contributed by atoms with E-state index in [1.807, 2.05) is 13.0 Å². The lowest BCUT2D eigenvalue weighted by atomic mass is 9.95. The van der Waals surface area contributed by atoms with E-state index in [9.17, 15) is 18.0 Å². The minimum Gasteiger partial charge on any atom is -0.363 e. The number of halogens is 3. The van der Waals surface area contributed by atoms with Crippen LogP contribution in [0.1, 0.15) is 61.2 Å². The molecule has 0 bridgehead atoms. The van der Waals surface area contributed by atoms with Crippen molar-refractivity contribution in [3.63, 3.8) is 0 Å². The Kier molecular flexibility index (Phi) is 5.04. The van der Waals surface area contributed by atoms with Crippen LogP contribution in [0, 0.1) is 5.92 Å². The Morgan fingerprint density at radius 3 is 2.59 bits per heavy atom. The van der Waals surface area contributed by atoms with Gasteiger partial charge in [-0.25, -0.2) is 4.68 Å². The van der Waals surface area contributed by atoms with Gasteiger partial charge in [-0.15, -0.1) is 0 Å². The van der Waals surface area contributed by atoms with E-state index < -0.39 is 18.3 Å². The molecule has 1 N–H and O–H groups in total. The van der Waals surface area contributed by atoms with E-state index in [2.05, 4.69) is 17.3 Å². The maximum atomic E-state index is 13.8. The van der Waals surface area contributed by atoms with Crippen LogP contribution >= 0.6 is 0 Å². The van der Waals surface area contributed by atoms with Crippen LogP contribution in [0.15, 0.2) is 36.4 Å². The van der Waals surface area contributed by atoms with Crippen molar-refractivity contribution >= 4 is 11.7 Å². The zero-order chi connectivity index (χ0) is 20.8. The number of fused-ring (bicyclic) bond motifs is 1. The summed E-state index contributed by atoms with van der Waals surface area (Å²) in [6.07, 6.45) is -2.70. The number of rotatable bonds is 2. The zero-order valence-corrected chi connectivity index (χ0v) is 16.5. The van der Waals surface area contributed by atoms with Crippen molar-refractivity contribution in [2.24, 2.45) is 5.92 Å². The molecule has 2 aliphatic rings. The molecular formula is C21H25F3N4O. The lowest BCUT2D eigenvalue weighted by molar-refractivity contribution is -0.173. The predicted molar refractivity (Wildman–Crippen MR) is 104 cm³/mol. The Bertz CT molecular complexity index is 880. The van der Waals surface area contributed by atoms with Gasteiger partial charge in [-0.05, 0) is 31.2 Å². The van der Waals surface area contributed by atoms with E-state index in [0.29, 0.717) is 12.5 Å². The molecule has 0 unspecified atom stereocenters. The third-order valence-electron chi connectivity index (χ3n) is 5.99. The van der Waals surface area contributed by atoms with Gasteiger partial charge < -0.3 is 10.2 Å². The number of likely N-dealkylation sites (tertiary alicyclic amines) is 1. The van der Waals surface area contributed by atoms with Crippen LogP contribution in [-0.2, 0) is 0 Å². The molecule has 29 heavy (non-hydrogen) atoms. The number of aromatic nitrogens is 2. The van der Waals surface area contributed by atoms with E-state index in [1.165, 1.54) is 6.07 Å². The number of benzene rings is 1. The molecule has 4 atom stereocenters. The molecular weight excluding hydrogens is 381 g/mol. The van der Waals surface area contributed by atoms with Gasteiger partial charge in [0.2, 0.25) is 0 Å². The molecule has 0 radical (unpaired) electrons. The maximum absolute atomic E-state index is 13.8. The maximum Gasteiger partial charge on any atom is 0.410 e. The number of carbonyl (C=O) groups is 1. The quantitative estimate of drug-likeness (QED) is 0.779. The second kappa shape index (κ2) is 7.39. The smallest absolute Gasteiger partial charge is 0.363 e. The molecule has 156 valence electrons. The zero-order valence-electron chi connectivity index (χ0n) is 16.5. The average Bonchev–Trinajstić information content (AvgIpc) is 3.12. The number of carbonyl (C=O) groups excluding carboxylic acids is 1. The molecule has 3 heterocycles. The van der Waals surface area contributed by atoms with Crippen molar-refractivity contribution in [1.82, 2.24) is 14.7 Å². The summed E-state index contributed by atoms with van der Waals surface area (Å²) in [7, 11) is 0. The topological polar surface area (TPSA) is 50.2 Å². The number of piperidine rings is 1. The fourth-order valence-corrected chi connectivity index (χ4v) is 4.30. The summed E-state index contributed by atoms with van der Waals surface area (Å²) in [5.74, 6) is 0.300. The van der Waals surface area contributed by atoms with E-state index >= 15 is 0 Å². The Morgan fingerprint density at radius 1 is 1.17 bits per heavy atom. The van der Waals surface area contributed by atoms with Gasteiger partial charge in [-0.3, -0.25) is 4.79 Å². The molecule has 2 aliphatic heterocycles. The largest absolute Gasteiger partial charge is 0.410 e. The number of alkyl halides is 3. The van der Waals surface area contributed by atoms with Crippen molar-refractivity contribution in [3.8, 4) is 0 Å². The molecule has 8 heteroatoms. The summed E-state index contributed by atoms with van der Waals surface area (Å²) < 4.78 is 42.3. The lowest BCUT2D eigenvalue weighted by Gasteiger charge is -2.36. The predicted octanol–water partition coefficient (Wildman–Crippen LogP) is 4.80. The molecule has 1 aromatic carbocycles. The molecule has 4 rings (SSSR count). The number of nitrogens with zero attached hydrogens (tertiary/aromatic N) is 3. The third-order valence-corrected chi connectivity index (χ3v) is 5.99. The standard InChI is InChI=1S/C21H25F3N4O/c1-13-8-9-14(2)27(12-13)20(29)17-11-19-25-16(15-6-4-3-5-7-15)10-18(21(22,23)24)28(19)26-17/h3-7,11,13-14,16,18,25H,8-10,12H2,1-2H3/t13-,14+,16+,18-/m0/s1. The lowest BCUT2D eigenvalue weighted by Crippen LogP contribution is -2.45. The highest BCUT2D eigenvalue weighted by Gasteiger charge is 2.47. The molecule has 1 amide bonds. The summed E-state index contributed by atoms with van der Waals surface area (Å²) in [6, 6.07) is 8.30. The van der Waals surface area contributed by atoms with Gasteiger partial charge in [0.05, 0.1) is 6.04 Å². The average molecular weight is 406 g/mol. The van der Waals surface area contributed by atoms with Gasteiger partial charge in [-0.2, -0.15) is 18.3 Å². The van der Waals surface area contributed by atoms with Gasteiger partial charge in [0.15, 0.2) is 11.7 Å². The van der Waals surface area contributed by atoms with Gasteiger partial charge in [-0.1, -0.05) is 37.3 Å². The molecule has 0 spiro atoms. The Balaban J connectivity index is 1.66. The van der Waals surface area contributed by atoms with Gasteiger partial charge >= 0.3 is 6.18 Å². The fraction of sp³-hybridized carbons (Fsp3) is 0.524. The van der Waals surface area contributed by atoms with Crippen LogP contribution in [0.2, 0.25) is 0 Å². The monoisotopic (exact) mass is 406 g/mol. The van der Waals surface area contributed by atoms with E-state index in [1.54, 1.807) is 29.2 Å². The summed E-state index contributed by atoms with van der Waals surface area (Å²) in [5, 5.41) is 7.25. The highest BCUT2D eigenvalue weighted by atomic mass is 19.4. The minimum absolute atomic E-state index is 0.0564. The van der Waals surface area contributed by atoms with E-state index in [4.69, 9.17) is 0 Å². The molecule has 2 aromatic rings. The Labute approximate surface area is 167 Å². The van der Waals surface area contributed by atoms with Gasteiger partial charge in [0, 0.05) is 25.1 Å². The molecule has 1 fully saturated rings. The summed E-state index contributed by atoms with van der Waals surface area (Å²) >= 11 is 0. The first kappa shape index (κ1) is 19.8. The van der Waals surface area contributed by atoms with Crippen LogP contribution in [0.5, 0.6) is 0 Å². The first-order chi connectivity index (χ1) is 13.7. The number of amides is 1. The normalized spacial score (nSPS) is 27.3. The van der Waals surface area contributed by atoms with Crippen LogP contribution in [0.25, 0.3) is 0 Å². The summed E-state index contributed by atoms with van der Waals surface area (Å²) in [4.78, 5) is 14.8. The molecule has 1 saturated heterocycles. The van der Waals surface area contributed by atoms with Crippen molar-refractivity contribution in [2.45, 2.75) is 57.4 Å². The van der Waals surface area contributed by atoms with Crippen molar-refractivity contribution < 1.29 is 18.0 Å². The molecule has 0 aliphatic carbocycles. The minimum atomic E-state index is -4.46. The SMILES string of the molecule is C[C@H]1CC[C@@H](C)N(C(=O)c2cc3n(n2)[C@H](C(F)(F)F)C[C@H](c2ccccc2)N3)C1. The number of anilines is 1. The highest BCUT2D eigenvalue weighted by molar-refractivity contribution is 5.93. The van der Waals surface area contributed by atoms with Crippen molar-refractivity contribution in [2.75, 3.05) is 11.9 Å². The third kappa shape index (κ3) is 3.84. The number of nitrogens with one attached hydrogen (secondary N) is 1. The second-order valence-corrected chi connectivity index (χ2v) is 8.25. The van der Waals surface area contributed by atoms with Gasteiger partial charge in [0.1, 0.15) is 5.82 Å². The van der Waals surface area contributed by atoms with Crippen LogP contribution < -0.4 is 5.32 Å². The first-order valence-electron chi connectivity index (χ1n) is 10.0. The van der Waals surface area contributed by atoms with Crippen LogP contribution in [0.3, 0.4) is 0 Å². The van der Waals surface area contributed by atoms with Crippen molar-refractivity contribution in [3.05, 3.63) is 47.7 Å². The molecule has 5 nitrogen and oxygen atoms in total. The van der Waals surface area contributed by atoms with E-state index in [0.717, 1.165) is 23.1 Å². The fourth-order valence-electron chi connectivity index (χ4n) is 4.30. The number of hydrogen-bond acceptors (Lipinski definition) is 3. The summed E-state index contributed by atoms with van der Waals surface area (Å²) in [6.45, 7) is 4.66. The summed E-state index contributed by atoms with van der Waals surface area (Å²) in [5.41, 5.74) is 0.844. The van der Waals surface area contributed by atoms with Gasteiger partial charge in [0.25, 0.3) is 5.91 Å². The van der Waals surface area contributed by atoms with Crippen LogP contribution in [0.4, 0.5) is 19.0 Å². The molecule has 0 saturated carbocycles.